The highest BCUT2D eigenvalue weighted by Crippen LogP contribution is 2.23. The highest BCUT2D eigenvalue weighted by molar-refractivity contribution is 5.71. The fourth-order valence-electron chi connectivity index (χ4n) is 2.32. The molecule has 0 aliphatic heterocycles. The molecule has 1 rings (SSSR count). The first kappa shape index (κ1) is 15.4. The Morgan fingerprint density at radius 3 is 2.61 bits per heavy atom. The topological polar surface area (TPSA) is 38.8 Å². The number of hydrogen-bond donors (Lipinski definition) is 0. The summed E-state index contributed by atoms with van der Waals surface area (Å²) in [4.78, 5) is 17.1. The van der Waals surface area contributed by atoms with Crippen LogP contribution in [0.1, 0.15) is 52.4 Å². The van der Waals surface area contributed by atoms with E-state index in [1.54, 1.807) is 6.92 Å². The molecule has 0 atom stereocenters. The predicted molar refractivity (Wildman–Crippen MR) is 71.0 cm³/mol. The Kier molecular flexibility index (Phi) is 8.01. The van der Waals surface area contributed by atoms with E-state index >= 15 is 0 Å². The zero-order valence-corrected chi connectivity index (χ0v) is 11.8. The predicted octanol–water partition coefficient (Wildman–Crippen LogP) is 2.77. The second-order valence-corrected chi connectivity index (χ2v) is 4.97. The lowest BCUT2D eigenvalue weighted by Crippen LogP contribution is -2.33. The van der Waals surface area contributed by atoms with Crippen LogP contribution in [0.5, 0.6) is 0 Å². The number of rotatable bonds is 8. The van der Waals surface area contributed by atoms with Crippen LogP contribution >= 0.6 is 0 Å². The molecule has 1 aliphatic carbocycles. The standard InChI is InChI=1S/C14H27NO3/c1-3-17-11-7-10-15(13(2)16)18-12-14-8-5-4-6-9-14/h14H,3-12H2,1-2H3. The normalized spacial score (nSPS) is 16.8. The summed E-state index contributed by atoms with van der Waals surface area (Å²) in [5.41, 5.74) is 0. The van der Waals surface area contributed by atoms with Gasteiger partial charge < -0.3 is 4.74 Å². The molecule has 0 aromatic rings. The molecule has 0 bridgehead atoms. The van der Waals surface area contributed by atoms with Crippen LogP contribution in [0.15, 0.2) is 0 Å². The van der Waals surface area contributed by atoms with E-state index in [1.165, 1.54) is 37.2 Å². The molecule has 1 amide bonds. The summed E-state index contributed by atoms with van der Waals surface area (Å²) in [5.74, 6) is 0.620. The largest absolute Gasteiger partial charge is 0.382 e. The van der Waals surface area contributed by atoms with E-state index in [9.17, 15) is 4.79 Å². The van der Waals surface area contributed by atoms with E-state index in [0.717, 1.165) is 13.0 Å². The Balaban J connectivity index is 2.17. The van der Waals surface area contributed by atoms with Crippen molar-refractivity contribution in [3.63, 3.8) is 0 Å². The average Bonchev–Trinajstić information content (AvgIpc) is 2.38. The van der Waals surface area contributed by atoms with Crippen molar-refractivity contribution in [1.29, 1.82) is 0 Å². The van der Waals surface area contributed by atoms with Crippen LogP contribution in [0, 0.1) is 5.92 Å². The van der Waals surface area contributed by atoms with Crippen LogP contribution in [0.3, 0.4) is 0 Å². The van der Waals surface area contributed by atoms with Gasteiger partial charge in [0.15, 0.2) is 0 Å². The Morgan fingerprint density at radius 1 is 1.28 bits per heavy atom. The first-order chi connectivity index (χ1) is 8.74. The highest BCUT2D eigenvalue weighted by Gasteiger charge is 2.16. The molecule has 0 unspecified atom stereocenters. The first-order valence-corrected chi connectivity index (χ1v) is 7.22. The van der Waals surface area contributed by atoms with Gasteiger partial charge in [-0.2, -0.15) is 0 Å². The van der Waals surface area contributed by atoms with E-state index in [2.05, 4.69) is 0 Å². The van der Waals surface area contributed by atoms with Crippen LogP contribution in [0.25, 0.3) is 0 Å². The summed E-state index contributed by atoms with van der Waals surface area (Å²) in [5, 5.41) is 1.49. The lowest BCUT2D eigenvalue weighted by Gasteiger charge is -2.26. The van der Waals surface area contributed by atoms with E-state index in [4.69, 9.17) is 9.57 Å². The minimum absolute atomic E-state index is 0.0118. The van der Waals surface area contributed by atoms with Crippen molar-refractivity contribution in [3.8, 4) is 0 Å². The number of carbonyl (C=O) groups is 1. The molecule has 4 heteroatoms. The highest BCUT2D eigenvalue weighted by atomic mass is 16.7. The number of ether oxygens (including phenoxy) is 1. The van der Waals surface area contributed by atoms with Crippen molar-refractivity contribution in [2.24, 2.45) is 5.92 Å². The summed E-state index contributed by atoms with van der Waals surface area (Å²) < 4.78 is 5.26. The number of carbonyl (C=O) groups excluding carboxylic acids is 1. The maximum atomic E-state index is 11.4. The molecule has 1 fully saturated rings. The Hall–Kier alpha value is -0.610. The number of amides is 1. The second-order valence-electron chi connectivity index (χ2n) is 4.97. The molecule has 0 N–H and O–H groups in total. The number of hydroxylamine groups is 2. The molecule has 0 spiro atoms. The maximum Gasteiger partial charge on any atom is 0.242 e. The maximum absolute atomic E-state index is 11.4. The molecule has 1 aliphatic rings. The second kappa shape index (κ2) is 9.34. The van der Waals surface area contributed by atoms with E-state index in [-0.39, 0.29) is 5.91 Å². The van der Waals surface area contributed by atoms with E-state index in [1.807, 2.05) is 6.92 Å². The van der Waals surface area contributed by atoms with Gasteiger partial charge in [-0.1, -0.05) is 19.3 Å². The summed E-state index contributed by atoms with van der Waals surface area (Å²) >= 11 is 0. The fraction of sp³-hybridized carbons (Fsp3) is 0.929. The molecule has 0 heterocycles. The molecule has 0 radical (unpaired) electrons. The molecular weight excluding hydrogens is 230 g/mol. The van der Waals surface area contributed by atoms with Gasteiger partial charge in [0, 0.05) is 20.1 Å². The van der Waals surface area contributed by atoms with Gasteiger partial charge in [0.05, 0.1) is 13.2 Å². The quantitative estimate of drug-likeness (QED) is 0.496. The van der Waals surface area contributed by atoms with Crippen LogP contribution < -0.4 is 0 Å². The summed E-state index contributed by atoms with van der Waals surface area (Å²) in [6.45, 7) is 6.26. The minimum atomic E-state index is -0.0118. The third-order valence-corrected chi connectivity index (χ3v) is 3.40. The first-order valence-electron chi connectivity index (χ1n) is 7.22. The third-order valence-electron chi connectivity index (χ3n) is 3.40. The zero-order valence-electron chi connectivity index (χ0n) is 11.8. The van der Waals surface area contributed by atoms with Crippen molar-refractivity contribution in [3.05, 3.63) is 0 Å². The van der Waals surface area contributed by atoms with Gasteiger partial charge >= 0.3 is 0 Å². The molecule has 18 heavy (non-hydrogen) atoms. The lowest BCUT2D eigenvalue weighted by atomic mass is 9.90. The van der Waals surface area contributed by atoms with Crippen LogP contribution in [-0.2, 0) is 14.4 Å². The van der Waals surface area contributed by atoms with E-state index in [0.29, 0.717) is 25.7 Å². The van der Waals surface area contributed by atoms with Gasteiger partial charge in [0.25, 0.3) is 0 Å². The molecule has 0 saturated heterocycles. The van der Waals surface area contributed by atoms with Crippen molar-refractivity contribution in [2.75, 3.05) is 26.4 Å². The molecule has 1 saturated carbocycles. The van der Waals surface area contributed by atoms with Gasteiger partial charge in [-0.3, -0.25) is 9.63 Å². The fourth-order valence-corrected chi connectivity index (χ4v) is 2.32. The molecule has 4 nitrogen and oxygen atoms in total. The van der Waals surface area contributed by atoms with Gasteiger partial charge in [-0.15, -0.1) is 0 Å². The third kappa shape index (κ3) is 6.36. The molecule has 0 aromatic carbocycles. The van der Waals surface area contributed by atoms with Crippen molar-refractivity contribution < 1.29 is 14.4 Å². The summed E-state index contributed by atoms with van der Waals surface area (Å²) in [7, 11) is 0. The SMILES string of the molecule is CCOCCCN(OCC1CCCCC1)C(C)=O. The monoisotopic (exact) mass is 257 g/mol. The zero-order chi connectivity index (χ0) is 13.2. The smallest absolute Gasteiger partial charge is 0.242 e. The van der Waals surface area contributed by atoms with Gasteiger partial charge in [-0.05, 0) is 32.1 Å². The van der Waals surface area contributed by atoms with Crippen molar-refractivity contribution in [1.82, 2.24) is 5.06 Å². The van der Waals surface area contributed by atoms with Gasteiger partial charge in [-0.25, -0.2) is 5.06 Å². The van der Waals surface area contributed by atoms with Crippen molar-refractivity contribution >= 4 is 5.91 Å². The van der Waals surface area contributed by atoms with Crippen LogP contribution in [0.4, 0.5) is 0 Å². The van der Waals surface area contributed by atoms with Crippen LogP contribution in [0.2, 0.25) is 0 Å². The van der Waals surface area contributed by atoms with E-state index < -0.39 is 0 Å². The Morgan fingerprint density at radius 2 is 2.00 bits per heavy atom. The number of hydrogen-bond acceptors (Lipinski definition) is 3. The summed E-state index contributed by atoms with van der Waals surface area (Å²) in [6, 6.07) is 0. The lowest BCUT2D eigenvalue weighted by molar-refractivity contribution is -0.190. The molecule has 106 valence electrons. The Labute approximate surface area is 111 Å². The van der Waals surface area contributed by atoms with Gasteiger partial charge in [0.1, 0.15) is 0 Å². The number of nitrogens with zero attached hydrogens (tertiary/aromatic N) is 1. The van der Waals surface area contributed by atoms with Gasteiger partial charge in [0.2, 0.25) is 5.91 Å². The van der Waals surface area contributed by atoms with Crippen LogP contribution in [-0.4, -0.2) is 37.3 Å². The Bertz CT molecular complexity index is 227. The molecule has 0 aromatic heterocycles. The molecular formula is C14H27NO3. The summed E-state index contributed by atoms with van der Waals surface area (Å²) in [6.07, 6.45) is 7.27. The average molecular weight is 257 g/mol. The minimum Gasteiger partial charge on any atom is -0.382 e. The van der Waals surface area contributed by atoms with Crippen molar-refractivity contribution in [2.45, 2.75) is 52.4 Å².